The molecule has 7 nitrogen and oxygen atoms in total. The summed E-state index contributed by atoms with van der Waals surface area (Å²) in [6, 6.07) is 7.60. The third-order valence-corrected chi connectivity index (χ3v) is 4.45. The van der Waals surface area contributed by atoms with Crippen molar-refractivity contribution >= 4 is 17.7 Å². The van der Waals surface area contributed by atoms with Crippen LogP contribution in [0.5, 0.6) is 0 Å². The molecule has 2 N–H and O–H groups in total. The highest BCUT2D eigenvalue weighted by Crippen LogP contribution is 2.19. The van der Waals surface area contributed by atoms with Crippen LogP contribution in [-0.4, -0.2) is 41.9 Å². The van der Waals surface area contributed by atoms with Gasteiger partial charge >= 0.3 is 5.97 Å². The number of carbonyl (C=O) groups is 2. The maximum absolute atomic E-state index is 12.6. The lowest BCUT2D eigenvalue weighted by Gasteiger charge is -2.11. The average molecular weight is 342 g/mol. The van der Waals surface area contributed by atoms with Crippen molar-refractivity contribution in [1.29, 1.82) is 0 Å². The van der Waals surface area contributed by atoms with Crippen LogP contribution in [-0.2, 0) is 18.2 Å². The number of esters is 1. The predicted molar refractivity (Wildman–Crippen MR) is 93.6 cm³/mol. The first-order chi connectivity index (χ1) is 12.1. The highest BCUT2D eigenvalue weighted by atomic mass is 16.5. The Morgan fingerprint density at radius 3 is 3.00 bits per heavy atom. The van der Waals surface area contributed by atoms with Crippen LogP contribution in [0.4, 0.5) is 5.82 Å². The van der Waals surface area contributed by atoms with Crippen LogP contribution in [0.1, 0.15) is 32.7 Å². The van der Waals surface area contributed by atoms with Crippen LogP contribution < -0.4 is 10.6 Å². The maximum Gasteiger partial charge on any atom is 0.343 e. The van der Waals surface area contributed by atoms with E-state index >= 15 is 0 Å². The lowest BCUT2D eigenvalue weighted by atomic mass is 9.97. The van der Waals surface area contributed by atoms with Gasteiger partial charge in [0.2, 0.25) is 0 Å². The highest BCUT2D eigenvalue weighted by molar-refractivity contribution is 6.07. The van der Waals surface area contributed by atoms with Crippen molar-refractivity contribution in [3.05, 3.63) is 47.2 Å². The number of ether oxygens (including phenoxy) is 1. The summed E-state index contributed by atoms with van der Waals surface area (Å²) in [4.78, 5) is 24.4. The molecule has 1 saturated heterocycles. The summed E-state index contributed by atoms with van der Waals surface area (Å²) in [5.74, 6) is 0.120. The first-order valence-corrected chi connectivity index (χ1v) is 8.30. The topological polar surface area (TPSA) is 85.2 Å². The number of benzene rings is 1. The van der Waals surface area contributed by atoms with Gasteiger partial charge in [-0.3, -0.25) is 9.48 Å². The van der Waals surface area contributed by atoms with Gasteiger partial charge in [0, 0.05) is 12.6 Å². The number of hydrogen-bond donors (Lipinski definition) is 2. The van der Waals surface area contributed by atoms with E-state index < -0.39 is 5.97 Å². The van der Waals surface area contributed by atoms with Crippen LogP contribution in [0.3, 0.4) is 0 Å². The van der Waals surface area contributed by atoms with Crippen LogP contribution in [0.2, 0.25) is 0 Å². The Balaban J connectivity index is 1.75. The molecule has 1 aliphatic rings. The summed E-state index contributed by atoms with van der Waals surface area (Å²) in [5, 5.41) is 10.1. The fourth-order valence-electron chi connectivity index (χ4n) is 3.09. The van der Waals surface area contributed by atoms with Gasteiger partial charge in [0.25, 0.3) is 5.91 Å². The van der Waals surface area contributed by atoms with E-state index in [-0.39, 0.29) is 11.5 Å². The van der Waals surface area contributed by atoms with Gasteiger partial charge in [-0.1, -0.05) is 12.1 Å². The lowest BCUT2D eigenvalue weighted by molar-refractivity contribution is 0.0602. The quantitative estimate of drug-likeness (QED) is 0.807. The number of nitrogens with one attached hydrogen (secondary N) is 2. The Morgan fingerprint density at radius 2 is 2.28 bits per heavy atom. The van der Waals surface area contributed by atoms with E-state index in [0.717, 1.165) is 31.5 Å². The lowest BCUT2D eigenvalue weighted by Crippen LogP contribution is -2.17. The summed E-state index contributed by atoms with van der Waals surface area (Å²) in [6.07, 6.45) is 3.49. The van der Waals surface area contributed by atoms with E-state index in [1.165, 1.54) is 18.0 Å². The molecule has 1 atom stereocenters. The molecular weight excluding hydrogens is 320 g/mol. The smallest absolute Gasteiger partial charge is 0.343 e. The molecule has 1 aliphatic heterocycles. The maximum atomic E-state index is 12.6. The molecule has 1 aromatic carbocycles. The second-order valence-corrected chi connectivity index (χ2v) is 6.24. The second-order valence-electron chi connectivity index (χ2n) is 6.24. The molecule has 0 bridgehead atoms. The normalized spacial score (nSPS) is 16.6. The van der Waals surface area contributed by atoms with Crippen LogP contribution in [0, 0.1) is 5.92 Å². The van der Waals surface area contributed by atoms with Crippen LogP contribution in [0.15, 0.2) is 30.5 Å². The molecule has 0 spiro atoms. The largest absolute Gasteiger partial charge is 0.465 e. The first-order valence-electron chi connectivity index (χ1n) is 8.30. The molecule has 0 aliphatic carbocycles. The van der Waals surface area contributed by atoms with Gasteiger partial charge in [-0.2, -0.15) is 5.10 Å². The van der Waals surface area contributed by atoms with Crippen molar-refractivity contribution in [1.82, 2.24) is 15.1 Å². The van der Waals surface area contributed by atoms with E-state index in [1.54, 1.807) is 13.1 Å². The zero-order valence-electron chi connectivity index (χ0n) is 14.4. The zero-order chi connectivity index (χ0) is 17.8. The summed E-state index contributed by atoms with van der Waals surface area (Å²) in [6.45, 7) is 2.08. The van der Waals surface area contributed by atoms with Crippen molar-refractivity contribution < 1.29 is 14.3 Å². The van der Waals surface area contributed by atoms with Gasteiger partial charge in [-0.25, -0.2) is 4.79 Å². The molecule has 2 aromatic rings. The van der Waals surface area contributed by atoms with E-state index in [2.05, 4.69) is 15.7 Å². The number of nitrogens with zero attached hydrogens (tertiary/aromatic N) is 2. The SMILES string of the molecule is COC(=O)c1cnn(C)c1NC(=O)c1cccc(CC2CCNC2)c1. The number of anilines is 1. The van der Waals surface area contributed by atoms with Gasteiger partial charge < -0.3 is 15.4 Å². The minimum Gasteiger partial charge on any atom is -0.465 e. The third-order valence-electron chi connectivity index (χ3n) is 4.45. The highest BCUT2D eigenvalue weighted by Gasteiger charge is 2.20. The van der Waals surface area contributed by atoms with Gasteiger partial charge in [0.15, 0.2) is 0 Å². The van der Waals surface area contributed by atoms with E-state index in [4.69, 9.17) is 4.74 Å². The fourth-order valence-corrected chi connectivity index (χ4v) is 3.09. The molecule has 0 saturated carbocycles. The number of aryl methyl sites for hydroxylation is 1. The Kier molecular flexibility index (Phi) is 5.14. The van der Waals surface area contributed by atoms with Gasteiger partial charge in [0.1, 0.15) is 11.4 Å². The number of carbonyl (C=O) groups excluding carboxylic acids is 2. The average Bonchev–Trinajstić information content (AvgIpc) is 3.25. The number of amides is 1. The number of hydrogen-bond acceptors (Lipinski definition) is 5. The van der Waals surface area contributed by atoms with Crippen molar-refractivity contribution in [3.8, 4) is 0 Å². The molecule has 1 fully saturated rings. The van der Waals surface area contributed by atoms with E-state index in [9.17, 15) is 9.59 Å². The van der Waals surface area contributed by atoms with E-state index in [0.29, 0.717) is 17.3 Å². The predicted octanol–water partition coefficient (Wildman–Crippen LogP) is 1.61. The molecule has 1 unspecified atom stereocenters. The summed E-state index contributed by atoms with van der Waals surface area (Å²) in [7, 11) is 2.95. The van der Waals surface area contributed by atoms with Crippen LogP contribution >= 0.6 is 0 Å². The molecule has 1 amide bonds. The molecule has 0 radical (unpaired) electrons. The molecule has 3 rings (SSSR count). The zero-order valence-corrected chi connectivity index (χ0v) is 14.4. The summed E-state index contributed by atoms with van der Waals surface area (Å²) >= 11 is 0. The van der Waals surface area contributed by atoms with E-state index in [1.807, 2.05) is 18.2 Å². The van der Waals surface area contributed by atoms with Crippen LogP contribution in [0.25, 0.3) is 0 Å². The molecule has 2 heterocycles. The number of rotatable bonds is 5. The Morgan fingerprint density at radius 1 is 1.44 bits per heavy atom. The monoisotopic (exact) mass is 342 g/mol. The van der Waals surface area contributed by atoms with Crippen molar-refractivity contribution in [2.24, 2.45) is 13.0 Å². The first kappa shape index (κ1) is 17.2. The number of methoxy groups -OCH3 is 1. The second kappa shape index (κ2) is 7.48. The standard InChI is InChI=1S/C18H22N4O3/c1-22-16(15(11-20-22)18(24)25-2)21-17(23)14-5-3-4-12(9-14)8-13-6-7-19-10-13/h3-5,9,11,13,19H,6-8,10H2,1-2H3,(H,21,23). The third kappa shape index (κ3) is 3.88. The van der Waals surface area contributed by atoms with Gasteiger partial charge in [0.05, 0.1) is 13.3 Å². The molecule has 7 heteroatoms. The number of aromatic nitrogens is 2. The molecule has 25 heavy (non-hydrogen) atoms. The van der Waals surface area contributed by atoms with Gasteiger partial charge in [-0.15, -0.1) is 0 Å². The fraction of sp³-hybridized carbons (Fsp3) is 0.389. The minimum absolute atomic E-state index is 0.228. The van der Waals surface area contributed by atoms with Crippen molar-refractivity contribution in [2.75, 3.05) is 25.5 Å². The molecule has 132 valence electrons. The summed E-state index contributed by atoms with van der Waals surface area (Å²) < 4.78 is 6.16. The van der Waals surface area contributed by atoms with Crippen molar-refractivity contribution in [3.63, 3.8) is 0 Å². The van der Waals surface area contributed by atoms with Gasteiger partial charge in [-0.05, 0) is 49.5 Å². The van der Waals surface area contributed by atoms with Crippen molar-refractivity contribution in [2.45, 2.75) is 12.8 Å². The summed E-state index contributed by atoms with van der Waals surface area (Å²) in [5.41, 5.74) is 1.92. The minimum atomic E-state index is -0.536. The Labute approximate surface area is 146 Å². The molecule has 1 aromatic heterocycles. The Hall–Kier alpha value is -2.67. The molecular formula is C18H22N4O3. The Bertz CT molecular complexity index is 778.